The normalized spacial score (nSPS) is 11.1. The fourth-order valence-corrected chi connectivity index (χ4v) is 3.38. The molecule has 4 rings (SSSR count). The molecule has 7 heteroatoms. The van der Waals surface area contributed by atoms with Crippen LogP contribution in [0.25, 0.3) is 21.8 Å². The number of H-pyrrole nitrogens is 2. The average molecular weight is 376 g/mol. The van der Waals surface area contributed by atoms with E-state index < -0.39 is 5.69 Å². The van der Waals surface area contributed by atoms with Crippen LogP contribution in [0.3, 0.4) is 0 Å². The number of hydrogen-bond donors (Lipinski definition) is 3. The SMILES string of the molecule is O=C(CCn1c(=O)[nH]c2ccccc2c1=O)NCCc1c[nH]c2ccccc12. The van der Waals surface area contributed by atoms with Crippen molar-refractivity contribution in [3.8, 4) is 0 Å². The van der Waals surface area contributed by atoms with Gasteiger partial charge in [0.15, 0.2) is 0 Å². The third-order valence-electron chi connectivity index (χ3n) is 4.84. The third-order valence-corrected chi connectivity index (χ3v) is 4.84. The molecule has 0 aliphatic heterocycles. The van der Waals surface area contributed by atoms with Crippen LogP contribution in [0, 0.1) is 0 Å². The Morgan fingerprint density at radius 1 is 0.964 bits per heavy atom. The Morgan fingerprint density at radius 2 is 1.68 bits per heavy atom. The zero-order valence-corrected chi connectivity index (χ0v) is 15.2. The number of carbonyl (C=O) groups is 1. The van der Waals surface area contributed by atoms with Gasteiger partial charge < -0.3 is 15.3 Å². The van der Waals surface area contributed by atoms with Crippen LogP contribution < -0.4 is 16.6 Å². The number of aromatic amines is 2. The zero-order valence-electron chi connectivity index (χ0n) is 15.2. The lowest BCUT2D eigenvalue weighted by Gasteiger charge is -2.07. The van der Waals surface area contributed by atoms with Gasteiger partial charge in [0.05, 0.1) is 10.9 Å². The Labute approximate surface area is 160 Å². The van der Waals surface area contributed by atoms with Crippen LogP contribution in [-0.4, -0.2) is 27.0 Å². The Morgan fingerprint density at radius 3 is 2.50 bits per heavy atom. The fraction of sp³-hybridized carbons (Fsp3) is 0.190. The summed E-state index contributed by atoms with van der Waals surface area (Å²) in [6.07, 6.45) is 2.71. The molecule has 0 saturated carbocycles. The number of fused-ring (bicyclic) bond motifs is 2. The van der Waals surface area contributed by atoms with Gasteiger partial charge >= 0.3 is 5.69 Å². The lowest BCUT2D eigenvalue weighted by Crippen LogP contribution is -2.37. The molecule has 0 spiro atoms. The molecule has 0 aliphatic rings. The summed E-state index contributed by atoms with van der Waals surface area (Å²) in [7, 11) is 0. The van der Waals surface area contributed by atoms with Crippen LogP contribution in [0.15, 0.2) is 64.3 Å². The predicted octanol–water partition coefficient (Wildman–Crippen LogP) is 1.92. The first kappa shape index (κ1) is 17.8. The number of hydrogen-bond acceptors (Lipinski definition) is 3. The van der Waals surface area contributed by atoms with Gasteiger partial charge in [-0.1, -0.05) is 30.3 Å². The van der Waals surface area contributed by atoms with Crippen LogP contribution in [-0.2, 0) is 17.8 Å². The third kappa shape index (κ3) is 3.46. The van der Waals surface area contributed by atoms with Gasteiger partial charge in [0.1, 0.15) is 0 Å². The molecule has 0 saturated heterocycles. The van der Waals surface area contributed by atoms with Gasteiger partial charge in [-0.05, 0) is 30.2 Å². The Bertz CT molecular complexity index is 1270. The van der Waals surface area contributed by atoms with E-state index in [1.165, 1.54) is 0 Å². The summed E-state index contributed by atoms with van der Waals surface area (Å²) < 4.78 is 1.07. The lowest BCUT2D eigenvalue weighted by atomic mass is 10.1. The maximum atomic E-state index is 12.5. The second kappa shape index (κ2) is 7.56. The van der Waals surface area contributed by atoms with E-state index in [2.05, 4.69) is 15.3 Å². The van der Waals surface area contributed by atoms with E-state index in [0.29, 0.717) is 23.9 Å². The highest BCUT2D eigenvalue weighted by molar-refractivity contribution is 5.83. The number of nitrogens with one attached hydrogen (secondary N) is 3. The van der Waals surface area contributed by atoms with Crippen molar-refractivity contribution in [3.63, 3.8) is 0 Å². The van der Waals surface area contributed by atoms with Crippen molar-refractivity contribution in [3.05, 3.63) is 81.1 Å². The topological polar surface area (TPSA) is 99.8 Å². The summed E-state index contributed by atoms with van der Waals surface area (Å²) in [5, 5.41) is 4.43. The van der Waals surface area contributed by atoms with Crippen molar-refractivity contribution in [1.82, 2.24) is 19.9 Å². The molecule has 0 unspecified atom stereocenters. The molecule has 0 atom stereocenters. The van der Waals surface area contributed by atoms with Crippen molar-refractivity contribution in [1.29, 1.82) is 0 Å². The van der Waals surface area contributed by atoms with E-state index in [1.807, 2.05) is 30.5 Å². The van der Waals surface area contributed by atoms with Crippen LogP contribution >= 0.6 is 0 Å². The molecule has 7 nitrogen and oxygen atoms in total. The molecule has 2 heterocycles. The van der Waals surface area contributed by atoms with Crippen LogP contribution in [0.4, 0.5) is 0 Å². The quantitative estimate of drug-likeness (QED) is 0.479. The predicted molar refractivity (Wildman–Crippen MR) is 108 cm³/mol. The Kier molecular flexibility index (Phi) is 4.80. The molecule has 0 fully saturated rings. The van der Waals surface area contributed by atoms with E-state index in [4.69, 9.17) is 0 Å². The number of nitrogens with zero attached hydrogens (tertiary/aromatic N) is 1. The van der Waals surface area contributed by atoms with E-state index in [-0.39, 0.29) is 24.4 Å². The van der Waals surface area contributed by atoms with E-state index in [0.717, 1.165) is 21.0 Å². The number of para-hydroxylation sites is 2. The summed E-state index contributed by atoms with van der Waals surface area (Å²) in [6, 6.07) is 14.8. The Balaban J connectivity index is 1.37. The van der Waals surface area contributed by atoms with Crippen LogP contribution in [0.2, 0.25) is 0 Å². The first-order valence-corrected chi connectivity index (χ1v) is 9.17. The summed E-state index contributed by atoms with van der Waals surface area (Å²) in [5.74, 6) is -0.195. The van der Waals surface area contributed by atoms with Gasteiger partial charge in [0.25, 0.3) is 5.56 Å². The summed E-state index contributed by atoms with van der Waals surface area (Å²) in [6.45, 7) is 0.529. The largest absolute Gasteiger partial charge is 0.361 e. The molecule has 2 aromatic carbocycles. The molecule has 3 N–H and O–H groups in total. The minimum Gasteiger partial charge on any atom is -0.361 e. The highest BCUT2D eigenvalue weighted by atomic mass is 16.2. The first-order valence-electron chi connectivity index (χ1n) is 9.17. The van der Waals surface area contributed by atoms with Gasteiger partial charge in [-0.25, -0.2) is 4.79 Å². The highest BCUT2D eigenvalue weighted by Crippen LogP contribution is 2.17. The smallest absolute Gasteiger partial charge is 0.328 e. The van der Waals surface area contributed by atoms with Gasteiger partial charge in [0, 0.05) is 36.6 Å². The standard InChI is InChI=1S/C21H20N4O3/c26-19(22-11-9-14-13-23-17-7-3-1-5-15(14)17)10-12-25-20(27)16-6-2-4-8-18(16)24-21(25)28/h1-8,13,23H,9-12H2,(H,22,26)(H,24,28). The van der Waals surface area contributed by atoms with Crippen molar-refractivity contribution in [2.75, 3.05) is 6.54 Å². The van der Waals surface area contributed by atoms with E-state index >= 15 is 0 Å². The van der Waals surface area contributed by atoms with Gasteiger partial charge in [0.2, 0.25) is 5.91 Å². The molecule has 0 bridgehead atoms. The van der Waals surface area contributed by atoms with Crippen LogP contribution in [0.1, 0.15) is 12.0 Å². The summed E-state index contributed by atoms with van der Waals surface area (Å²) in [4.78, 5) is 42.6. The molecule has 4 aromatic rings. The first-order chi connectivity index (χ1) is 13.6. The fourth-order valence-electron chi connectivity index (χ4n) is 3.38. The molecular weight excluding hydrogens is 356 g/mol. The maximum absolute atomic E-state index is 12.5. The number of carbonyl (C=O) groups excluding carboxylic acids is 1. The Hall–Kier alpha value is -3.61. The van der Waals surface area contributed by atoms with E-state index in [1.54, 1.807) is 24.3 Å². The minimum absolute atomic E-state index is 0.0396. The molecule has 1 amide bonds. The lowest BCUT2D eigenvalue weighted by molar-refractivity contribution is -0.121. The van der Waals surface area contributed by atoms with Gasteiger partial charge in [-0.3, -0.25) is 14.2 Å². The number of rotatable bonds is 6. The average Bonchev–Trinajstić information content (AvgIpc) is 3.11. The molecule has 2 aromatic heterocycles. The molecule has 142 valence electrons. The van der Waals surface area contributed by atoms with E-state index in [9.17, 15) is 14.4 Å². The monoisotopic (exact) mass is 376 g/mol. The van der Waals surface area contributed by atoms with Crippen molar-refractivity contribution in [2.24, 2.45) is 0 Å². The van der Waals surface area contributed by atoms with Gasteiger partial charge in [-0.15, -0.1) is 0 Å². The van der Waals surface area contributed by atoms with Crippen molar-refractivity contribution >= 4 is 27.7 Å². The maximum Gasteiger partial charge on any atom is 0.328 e. The van der Waals surface area contributed by atoms with Gasteiger partial charge in [-0.2, -0.15) is 0 Å². The summed E-state index contributed by atoms with van der Waals surface area (Å²) >= 11 is 0. The second-order valence-electron chi connectivity index (χ2n) is 6.64. The highest BCUT2D eigenvalue weighted by Gasteiger charge is 2.09. The minimum atomic E-state index is -0.504. The number of amides is 1. The molecule has 0 radical (unpaired) electrons. The molecular formula is C21H20N4O3. The zero-order chi connectivity index (χ0) is 19.5. The molecule has 0 aliphatic carbocycles. The van der Waals surface area contributed by atoms with Crippen molar-refractivity contribution < 1.29 is 4.79 Å². The van der Waals surface area contributed by atoms with Crippen LogP contribution in [0.5, 0.6) is 0 Å². The second-order valence-corrected chi connectivity index (χ2v) is 6.64. The van der Waals surface area contributed by atoms with Crippen molar-refractivity contribution in [2.45, 2.75) is 19.4 Å². The summed E-state index contributed by atoms with van der Waals surface area (Å²) in [5.41, 5.74) is 1.81. The number of aromatic nitrogens is 3. The molecule has 28 heavy (non-hydrogen) atoms. The number of benzene rings is 2.